The molecule has 1 rings (SSSR count). The molecule has 0 atom stereocenters. The fourth-order valence-electron chi connectivity index (χ4n) is 1.18. The lowest BCUT2D eigenvalue weighted by atomic mass is 9.98. The molecule has 1 aromatic rings. The summed E-state index contributed by atoms with van der Waals surface area (Å²) in [6.45, 7) is 2.29. The van der Waals surface area contributed by atoms with E-state index in [0.717, 1.165) is 12.8 Å². The highest BCUT2D eigenvalue weighted by atomic mass is 16.3. The summed E-state index contributed by atoms with van der Waals surface area (Å²) in [6, 6.07) is 10.2. The van der Waals surface area contributed by atoms with Gasteiger partial charge in [-0.3, -0.25) is 0 Å². The maximum Gasteiger partial charge on any atom is 0.0496 e. The fraction of sp³-hybridized carbons (Fsp3) is 0.364. The van der Waals surface area contributed by atoms with E-state index in [0.29, 0.717) is 0 Å². The third-order valence-corrected chi connectivity index (χ3v) is 2.02. The smallest absolute Gasteiger partial charge is 0.0496 e. The average molecular weight is 163 g/mol. The summed E-state index contributed by atoms with van der Waals surface area (Å²) in [4.78, 5) is 0. The van der Waals surface area contributed by atoms with Crippen molar-refractivity contribution in [3.63, 3.8) is 0 Å². The Labute approximate surface area is 74.1 Å². The van der Waals surface area contributed by atoms with Gasteiger partial charge in [-0.1, -0.05) is 37.3 Å². The molecular weight excluding hydrogens is 148 g/mol. The van der Waals surface area contributed by atoms with Crippen LogP contribution in [0.25, 0.3) is 0 Å². The van der Waals surface area contributed by atoms with Crippen molar-refractivity contribution in [1.29, 1.82) is 0 Å². The minimum absolute atomic E-state index is 0.214. The molecule has 1 nitrogen and oxygen atoms in total. The lowest BCUT2D eigenvalue weighted by molar-refractivity contribution is 0.299. The Balaban J connectivity index is 2.51. The van der Waals surface area contributed by atoms with Gasteiger partial charge in [-0.2, -0.15) is 0 Å². The van der Waals surface area contributed by atoms with Crippen molar-refractivity contribution in [3.05, 3.63) is 41.8 Å². The van der Waals surface area contributed by atoms with Gasteiger partial charge in [0.15, 0.2) is 0 Å². The monoisotopic (exact) mass is 163 g/mol. The summed E-state index contributed by atoms with van der Waals surface area (Å²) in [7, 11) is 0. The van der Waals surface area contributed by atoms with Crippen LogP contribution in [-0.4, -0.2) is 11.7 Å². The summed E-state index contributed by atoms with van der Waals surface area (Å²) in [6.07, 6.45) is 1.87. The van der Waals surface area contributed by atoms with Crippen molar-refractivity contribution in [2.24, 2.45) is 0 Å². The molecule has 65 valence electrons. The molecule has 0 aromatic heterocycles. The number of hydrogen-bond acceptors (Lipinski definition) is 1. The minimum Gasteiger partial charge on any atom is -0.396 e. The van der Waals surface area contributed by atoms with Gasteiger partial charge in [-0.25, -0.2) is 0 Å². The third kappa shape index (κ3) is 2.67. The van der Waals surface area contributed by atoms with Gasteiger partial charge in [0.25, 0.3) is 0 Å². The van der Waals surface area contributed by atoms with E-state index in [9.17, 15) is 0 Å². The summed E-state index contributed by atoms with van der Waals surface area (Å²) in [5.41, 5.74) is 1.28. The molecule has 0 aliphatic rings. The van der Waals surface area contributed by atoms with Crippen molar-refractivity contribution < 1.29 is 5.11 Å². The average Bonchev–Trinajstić information content (AvgIpc) is 2.16. The summed E-state index contributed by atoms with van der Waals surface area (Å²) in [5, 5.41) is 8.95. The van der Waals surface area contributed by atoms with Crippen LogP contribution in [0.15, 0.2) is 30.3 Å². The normalized spacial score (nSPS) is 10.6. The van der Waals surface area contributed by atoms with Gasteiger partial charge in [0.05, 0.1) is 0 Å². The molecular formula is C11H15O. The molecule has 0 saturated carbocycles. The molecule has 0 aliphatic heterocycles. The molecule has 0 unspecified atom stereocenters. The molecule has 1 N–H and O–H groups in total. The van der Waals surface area contributed by atoms with E-state index in [2.05, 4.69) is 19.1 Å². The second-order valence-electron chi connectivity index (χ2n) is 2.92. The zero-order valence-electron chi connectivity index (χ0n) is 7.46. The minimum atomic E-state index is 0.214. The molecule has 1 heteroatoms. The molecule has 0 saturated heterocycles. The van der Waals surface area contributed by atoms with Crippen molar-refractivity contribution in [2.75, 3.05) is 6.61 Å². The molecule has 1 radical (unpaired) electrons. The first-order valence-electron chi connectivity index (χ1n) is 4.35. The summed E-state index contributed by atoms with van der Waals surface area (Å²) < 4.78 is 0. The molecule has 0 heterocycles. The first-order valence-corrected chi connectivity index (χ1v) is 4.35. The van der Waals surface area contributed by atoms with Crippen LogP contribution >= 0.6 is 0 Å². The highest BCUT2D eigenvalue weighted by molar-refractivity contribution is 5.18. The van der Waals surface area contributed by atoms with Crippen LogP contribution in [0.3, 0.4) is 0 Å². The van der Waals surface area contributed by atoms with E-state index >= 15 is 0 Å². The van der Waals surface area contributed by atoms with Crippen LogP contribution < -0.4 is 0 Å². The largest absolute Gasteiger partial charge is 0.396 e. The SMILES string of the molecule is CC[C](CO)Cc1ccccc1. The van der Waals surface area contributed by atoms with Gasteiger partial charge in [-0.15, -0.1) is 0 Å². The van der Waals surface area contributed by atoms with Crippen LogP contribution in [0.4, 0.5) is 0 Å². The second-order valence-corrected chi connectivity index (χ2v) is 2.92. The van der Waals surface area contributed by atoms with E-state index in [1.165, 1.54) is 11.5 Å². The second kappa shape index (κ2) is 4.94. The number of aliphatic hydroxyl groups excluding tert-OH is 1. The Kier molecular flexibility index (Phi) is 3.81. The van der Waals surface area contributed by atoms with Gasteiger partial charge in [0, 0.05) is 12.5 Å². The van der Waals surface area contributed by atoms with E-state index in [1.54, 1.807) is 0 Å². The lowest BCUT2D eigenvalue weighted by Crippen LogP contribution is -2.05. The third-order valence-electron chi connectivity index (χ3n) is 2.02. The molecule has 0 amide bonds. The van der Waals surface area contributed by atoms with Crippen LogP contribution in [0.2, 0.25) is 0 Å². The Morgan fingerprint density at radius 1 is 1.25 bits per heavy atom. The van der Waals surface area contributed by atoms with Crippen LogP contribution in [0.5, 0.6) is 0 Å². The van der Waals surface area contributed by atoms with Crippen LogP contribution in [-0.2, 0) is 6.42 Å². The number of hydrogen-bond donors (Lipinski definition) is 1. The van der Waals surface area contributed by atoms with Gasteiger partial charge in [0.1, 0.15) is 0 Å². The zero-order chi connectivity index (χ0) is 8.81. The predicted octanol–water partition coefficient (Wildman–Crippen LogP) is 2.21. The van der Waals surface area contributed by atoms with Crippen molar-refractivity contribution in [2.45, 2.75) is 19.8 Å². The van der Waals surface area contributed by atoms with E-state index in [1.807, 2.05) is 18.2 Å². The first kappa shape index (κ1) is 9.27. The number of rotatable bonds is 4. The quantitative estimate of drug-likeness (QED) is 0.721. The van der Waals surface area contributed by atoms with E-state index < -0.39 is 0 Å². The molecule has 0 bridgehead atoms. The van der Waals surface area contributed by atoms with Crippen LogP contribution in [0.1, 0.15) is 18.9 Å². The van der Waals surface area contributed by atoms with E-state index in [4.69, 9.17) is 5.11 Å². The standard InChI is InChI=1S/C11H15O/c1-2-10(9-12)8-11-6-4-3-5-7-11/h3-7,12H,2,8-9H2,1H3. The Morgan fingerprint density at radius 3 is 2.42 bits per heavy atom. The molecule has 1 aromatic carbocycles. The first-order chi connectivity index (χ1) is 5.86. The number of aliphatic hydroxyl groups is 1. The zero-order valence-corrected chi connectivity index (χ0v) is 7.46. The topological polar surface area (TPSA) is 20.2 Å². The molecule has 0 spiro atoms. The molecule has 12 heavy (non-hydrogen) atoms. The molecule has 0 aliphatic carbocycles. The number of benzene rings is 1. The van der Waals surface area contributed by atoms with Gasteiger partial charge < -0.3 is 5.11 Å². The lowest BCUT2D eigenvalue weighted by Gasteiger charge is -2.09. The molecule has 0 fully saturated rings. The van der Waals surface area contributed by atoms with Crippen LogP contribution in [0, 0.1) is 5.92 Å². The Morgan fingerprint density at radius 2 is 1.92 bits per heavy atom. The van der Waals surface area contributed by atoms with Gasteiger partial charge in [-0.05, 0) is 18.4 Å². The highest BCUT2D eigenvalue weighted by Gasteiger charge is 2.05. The van der Waals surface area contributed by atoms with Crippen molar-refractivity contribution in [3.8, 4) is 0 Å². The van der Waals surface area contributed by atoms with E-state index in [-0.39, 0.29) is 6.61 Å². The maximum absolute atomic E-state index is 8.95. The highest BCUT2D eigenvalue weighted by Crippen LogP contribution is 2.12. The Hall–Kier alpha value is -0.820. The van der Waals surface area contributed by atoms with Crippen molar-refractivity contribution in [1.82, 2.24) is 0 Å². The Bertz CT molecular complexity index is 202. The summed E-state index contributed by atoms with van der Waals surface area (Å²) in [5.74, 6) is 1.20. The van der Waals surface area contributed by atoms with Gasteiger partial charge >= 0.3 is 0 Å². The van der Waals surface area contributed by atoms with Gasteiger partial charge in [0.2, 0.25) is 0 Å². The fourth-order valence-corrected chi connectivity index (χ4v) is 1.18. The van der Waals surface area contributed by atoms with Crippen molar-refractivity contribution >= 4 is 0 Å². The maximum atomic E-state index is 8.95. The summed E-state index contributed by atoms with van der Waals surface area (Å²) >= 11 is 0. The predicted molar refractivity (Wildman–Crippen MR) is 50.8 cm³/mol.